The molecule has 1 atom stereocenters. The Labute approximate surface area is 122 Å². The highest BCUT2D eigenvalue weighted by atomic mass is 16.5. The predicted molar refractivity (Wildman–Crippen MR) is 81.6 cm³/mol. The van der Waals surface area contributed by atoms with E-state index in [9.17, 15) is 0 Å². The second-order valence-electron chi connectivity index (χ2n) is 6.25. The molecule has 1 aliphatic rings. The lowest BCUT2D eigenvalue weighted by Crippen LogP contribution is -2.41. The van der Waals surface area contributed by atoms with Gasteiger partial charge in [0.2, 0.25) is 0 Å². The Kier molecular flexibility index (Phi) is 4.55. The van der Waals surface area contributed by atoms with Crippen molar-refractivity contribution in [3.63, 3.8) is 0 Å². The minimum absolute atomic E-state index is 0.158. The highest BCUT2D eigenvalue weighted by Crippen LogP contribution is 2.43. The lowest BCUT2D eigenvalue weighted by atomic mass is 9.89. The number of benzene rings is 1. The summed E-state index contributed by atoms with van der Waals surface area (Å²) in [5.74, 6) is 1.84. The number of hydrogen-bond donors (Lipinski definition) is 1. The van der Waals surface area contributed by atoms with E-state index >= 15 is 0 Å². The number of likely N-dealkylation sites (N-methyl/N-ethyl adjacent to an activating group) is 1. The monoisotopic (exact) mass is 278 g/mol. The molecule has 2 rings (SSSR count). The third-order valence-corrected chi connectivity index (χ3v) is 3.63. The van der Waals surface area contributed by atoms with Crippen LogP contribution in [0, 0.1) is 0 Å². The van der Waals surface area contributed by atoms with E-state index in [1.54, 1.807) is 7.11 Å². The van der Waals surface area contributed by atoms with Crippen LogP contribution < -0.4 is 14.8 Å². The van der Waals surface area contributed by atoms with Gasteiger partial charge in [-0.15, -0.1) is 0 Å². The van der Waals surface area contributed by atoms with Gasteiger partial charge >= 0.3 is 0 Å². The molecule has 1 aliphatic heterocycles. The van der Waals surface area contributed by atoms with Gasteiger partial charge in [0.25, 0.3) is 0 Å². The fourth-order valence-electron chi connectivity index (χ4n) is 2.70. The van der Waals surface area contributed by atoms with E-state index in [1.165, 1.54) is 0 Å². The van der Waals surface area contributed by atoms with Crippen LogP contribution in [0.25, 0.3) is 0 Å². The first-order valence-electron chi connectivity index (χ1n) is 7.17. The lowest BCUT2D eigenvalue weighted by Gasteiger charge is -2.38. The molecule has 1 unspecified atom stereocenters. The van der Waals surface area contributed by atoms with Crippen LogP contribution in [0.2, 0.25) is 0 Å². The molecule has 20 heavy (non-hydrogen) atoms. The van der Waals surface area contributed by atoms with Crippen molar-refractivity contribution in [2.45, 2.75) is 31.9 Å². The van der Waals surface area contributed by atoms with Crippen molar-refractivity contribution in [1.82, 2.24) is 10.2 Å². The van der Waals surface area contributed by atoms with Gasteiger partial charge in [-0.2, -0.15) is 0 Å². The molecule has 0 aromatic heterocycles. The Morgan fingerprint density at radius 3 is 2.80 bits per heavy atom. The highest BCUT2D eigenvalue weighted by Gasteiger charge is 2.35. The quantitative estimate of drug-likeness (QED) is 0.897. The second-order valence-corrected chi connectivity index (χ2v) is 6.25. The van der Waals surface area contributed by atoms with Gasteiger partial charge in [-0.25, -0.2) is 0 Å². The summed E-state index contributed by atoms with van der Waals surface area (Å²) < 4.78 is 11.6. The molecular formula is C16H26N2O2. The summed E-state index contributed by atoms with van der Waals surface area (Å²) in [6.45, 7) is 6.24. The fourth-order valence-corrected chi connectivity index (χ4v) is 2.70. The second kappa shape index (κ2) is 6.02. The molecule has 1 aromatic carbocycles. The van der Waals surface area contributed by atoms with Crippen LogP contribution in [0.4, 0.5) is 0 Å². The maximum atomic E-state index is 6.09. The third-order valence-electron chi connectivity index (χ3n) is 3.63. The molecule has 1 N–H and O–H groups in total. The molecule has 0 saturated heterocycles. The largest absolute Gasteiger partial charge is 0.496 e. The molecule has 1 aromatic rings. The zero-order valence-corrected chi connectivity index (χ0v) is 13.2. The number of ether oxygens (including phenoxy) is 2. The van der Waals surface area contributed by atoms with Crippen LogP contribution in [0.5, 0.6) is 11.5 Å². The first-order valence-corrected chi connectivity index (χ1v) is 7.17. The van der Waals surface area contributed by atoms with Gasteiger partial charge in [0.1, 0.15) is 17.1 Å². The van der Waals surface area contributed by atoms with Crippen molar-refractivity contribution in [3.8, 4) is 11.5 Å². The van der Waals surface area contributed by atoms with Crippen molar-refractivity contribution in [2.75, 3.05) is 34.3 Å². The van der Waals surface area contributed by atoms with Crippen molar-refractivity contribution in [1.29, 1.82) is 0 Å². The van der Waals surface area contributed by atoms with Gasteiger partial charge in [0.05, 0.1) is 12.7 Å². The van der Waals surface area contributed by atoms with Crippen LogP contribution in [-0.4, -0.2) is 44.8 Å². The average molecular weight is 278 g/mol. The number of methoxy groups -OCH3 is 1. The first kappa shape index (κ1) is 15.1. The van der Waals surface area contributed by atoms with E-state index in [4.69, 9.17) is 9.47 Å². The van der Waals surface area contributed by atoms with Gasteiger partial charge in [0, 0.05) is 25.6 Å². The summed E-state index contributed by atoms with van der Waals surface area (Å²) in [5.41, 5.74) is 0.989. The van der Waals surface area contributed by atoms with Crippen LogP contribution >= 0.6 is 0 Å². The summed E-state index contributed by atoms with van der Waals surface area (Å²) in [7, 11) is 5.89. The summed E-state index contributed by atoms with van der Waals surface area (Å²) >= 11 is 0. The maximum Gasteiger partial charge on any atom is 0.128 e. The Bertz CT molecular complexity index is 458. The predicted octanol–water partition coefficient (Wildman–Crippen LogP) is 2.45. The molecule has 1 heterocycles. The van der Waals surface area contributed by atoms with Gasteiger partial charge in [-0.05, 0) is 40.1 Å². The summed E-state index contributed by atoms with van der Waals surface area (Å²) in [6.07, 6.45) is 0.938. The summed E-state index contributed by atoms with van der Waals surface area (Å²) in [5, 5.41) is 3.64. The van der Waals surface area contributed by atoms with Crippen LogP contribution in [-0.2, 0) is 0 Å². The normalized spacial score (nSPS) is 20.4. The lowest BCUT2D eigenvalue weighted by molar-refractivity contribution is 0.0645. The molecule has 4 heteroatoms. The Morgan fingerprint density at radius 2 is 2.15 bits per heavy atom. The molecule has 0 bridgehead atoms. The molecule has 112 valence electrons. The van der Waals surface area contributed by atoms with Gasteiger partial charge in [-0.1, -0.05) is 6.07 Å². The zero-order chi connectivity index (χ0) is 14.8. The van der Waals surface area contributed by atoms with Gasteiger partial charge in [-0.3, -0.25) is 0 Å². The van der Waals surface area contributed by atoms with E-state index in [2.05, 4.69) is 38.2 Å². The SMILES string of the molecule is COc1cccc2c1C(NCCN(C)C)CC(C)(C)O2. The van der Waals surface area contributed by atoms with E-state index in [0.29, 0.717) is 0 Å². The Morgan fingerprint density at radius 1 is 1.40 bits per heavy atom. The van der Waals surface area contributed by atoms with Crippen LogP contribution in [0.1, 0.15) is 31.9 Å². The van der Waals surface area contributed by atoms with Gasteiger partial charge < -0.3 is 19.7 Å². The van der Waals surface area contributed by atoms with Crippen LogP contribution in [0.15, 0.2) is 18.2 Å². The summed E-state index contributed by atoms with van der Waals surface area (Å²) in [4.78, 5) is 2.18. The molecule has 4 nitrogen and oxygen atoms in total. The van der Waals surface area contributed by atoms with E-state index in [-0.39, 0.29) is 11.6 Å². The van der Waals surface area contributed by atoms with E-state index in [1.807, 2.05) is 18.2 Å². The Balaban J connectivity index is 2.23. The first-order chi connectivity index (χ1) is 9.43. The number of rotatable bonds is 5. The molecular weight excluding hydrogens is 252 g/mol. The van der Waals surface area contributed by atoms with Crippen molar-refractivity contribution in [2.24, 2.45) is 0 Å². The molecule has 0 spiro atoms. The Hall–Kier alpha value is -1.26. The van der Waals surface area contributed by atoms with E-state index < -0.39 is 0 Å². The number of nitrogens with one attached hydrogen (secondary N) is 1. The third kappa shape index (κ3) is 3.44. The number of nitrogens with zero attached hydrogens (tertiary/aromatic N) is 1. The highest BCUT2D eigenvalue weighted by molar-refractivity contribution is 5.48. The molecule has 0 amide bonds. The molecule has 0 saturated carbocycles. The van der Waals surface area contributed by atoms with Crippen molar-refractivity contribution < 1.29 is 9.47 Å². The van der Waals surface area contributed by atoms with Crippen molar-refractivity contribution in [3.05, 3.63) is 23.8 Å². The van der Waals surface area contributed by atoms with Crippen molar-refractivity contribution >= 4 is 0 Å². The zero-order valence-electron chi connectivity index (χ0n) is 13.2. The topological polar surface area (TPSA) is 33.7 Å². The minimum Gasteiger partial charge on any atom is -0.496 e. The minimum atomic E-state index is -0.158. The fraction of sp³-hybridized carbons (Fsp3) is 0.625. The number of hydrogen-bond acceptors (Lipinski definition) is 4. The molecule has 0 aliphatic carbocycles. The van der Waals surface area contributed by atoms with Crippen LogP contribution in [0.3, 0.4) is 0 Å². The summed E-state index contributed by atoms with van der Waals surface area (Å²) in [6, 6.07) is 6.28. The number of fused-ring (bicyclic) bond motifs is 1. The molecule has 0 fully saturated rings. The maximum absolute atomic E-state index is 6.09. The average Bonchev–Trinajstić information content (AvgIpc) is 2.35. The van der Waals surface area contributed by atoms with Gasteiger partial charge in [0.15, 0.2) is 0 Å². The smallest absolute Gasteiger partial charge is 0.128 e. The van der Waals surface area contributed by atoms with E-state index in [0.717, 1.165) is 36.6 Å². The molecule has 0 radical (unpaired) electrons. The standard InChI is InChI=1S/C16H26N2O2/c1-16(2)11-12(17-9-10-18(3)4)15-13(19-5)7-6-8-14(15)20-16/h6-8,12,17H,9-11H2,1-5H3.